The number of rotatable bonds is 1. The Labute approximate surface area is 266 Å². The van der Waals surface area contributed by atoms with Gasteiger partial charge in [-0.2, -0.15) is 0 Å². The molecule has 46 heavy (non-hydrogen) atoms. The second-order valence-corrected chi connectivity index (χ2v) is 12.4. The van der Waals surface area contributed by atoms with Crippen LogP contribution >= 0.6 is 0 Å². The van der Waals surface area contributed by atoms with Crippen molar-refractivity contribution in [3.8, 4) is 56.4 Å². The normalized spacial score (nSPS) is 14.6. The molecule has 2 aliphatic heterocycles. The summed E-state index contributed by atoms with van der Waals surface area (Å²) in [4.78, 5) is 2.27. The summed E-state index contributed by atoms with van der Waals surface area (Å²) in [7, 11) is 0. The Kier molecular flexibility index (Phi) is 4.52. The van der Waals surface area contributed by atoms with Crippen LogP contribution in [0.1, 0.15) is 22.3 Å². The molecule has 3 nitrogen and oxygen atoms in total. The first-order chi connectivity index (χ1) is 22.8. The van der Waals surface area contributed by atoms with Gasteiger partial charge in [0.2, 0.25) is 0 Å². The van der Waals surface area contributed by atoms with Gasteiger partial charge in [-0.25, -0.2) is 0 Å². The van der Waals surface area contributed by atoms with Crippen LogP contribution in [0.15, 0.2) is 152 Å². The standard InChI is InChI=1S/C43H25NO2/c1-4-13-32-28(10-1)29-11-2-5-14-33(29)43(32)34-15-6-3-12-30(34)31-22-20-26(24-35(31)43)27-21-23-37-41(25-27)46-40-19-9-18-39-42(40)44(37)36-16-7-8-17-38(36)45-39/h1-25H. The Morgan fingerprint density at radius 1 is 0.370 bits per heavy atom. The summed E-state index contributed by atoms with van der Waals surface area (Å²) in [6.07, 6.45) is 0. The van der Waals surface area contributed by atoms with Crippen molar-refractivity contribution in [2.24, 2.45) is 0 Å². The Bertz CT molecular complexity index is 2390. The van der Waals surface area contributed by atoms with Crippen LogP contribution in [-0.2, 0) is 5.41 Å². The summed E-state index contributed by atoms with van der Waals surface area (Å²) in [5.74, 6) is 3.25. The number of nitrogens with zero attached hydrogens (tertiary/aromatic N) is 1. The molecule has 0 atom stereocenters. The minimum Gasteiger partial charge on any atom is -0.453 e. The van der Waals surface area contributed by atoms with Crippen LogP contribution in [0.4, 0.5) is 17.1 Å². The molecule has 0 saturated heterocycles. The fraction of sp³-hybridized carbons (Fsp3) is 0.0233. The fourth-order valence-electron chi connectivity index (χ4n) is 8.46. The van der Waals surface area contributed by atoms with E-state index in [4.69, 9.17) is 9.47 Å². The third-order valence-electron chi connectivity index (χ3n) is 10.3. The van der Waals surface area contributed by atoms with Gasteiger partial charge in [-0.3, -0.25) is 4.90 Å². The molecule has 0 radical (unpaired) electrons. The topological polar surface area (TPSA) is 21.7 Å². The maximum Gasteiger partial charge on any atom is 0.155 e. The van der Waals surface area contributed by atoms with E-state index >= 15 is 0 Å². The van der Waals surface area contributed by atoms with E-state index in [0.29, 0.717) is 0 Å². The summed E-state index contributed by atoms with van der Waals surface area (Å²) in [6.45, 7) is 0. The van der Waals surface area contributed by atoms with Crippen molar-refractivity contribution in [2.45, 2.75) is 5.41 Å². The summed E-state index contributed by atoms with van der Waals surface area (Å²) < 4.78 is 12.9. The SMILES string of the molecule is c1ccc2c(c1)Oc1cccc3c1N2c1ccc(-c2ccc4c(c2)C2(c5ccccc5-c5ccccc52)c2ccccc2-4)cc1O3. The predicted molar refractivity (Wildman–Crippen MR) is 183 cm³/mol. The number of benzene rings is 7. The van der Waals surface area contributed by atoms with Crippen molar-refractivity contribution in [3.05, 3.63) is 174 Å². The summed E-state index contributed by atoms with van der Waals surface area (Å²) in [5, 5.41) is 0. The minimum absolute atomic E-state index is 0.368. The van der Waals surface area contributed by atoms with Crippen LogP contribution in [0, 0.1) is 0 Å². The quantitative estimate of drug-likeness (QED) is 0.191. The first-order valence-electron chi connectivity index (χ1n) is 15.8. The van der Waals surface area contributed by atoms with Gasteiger partial charge in [0.1, 0.15) is 5.69 Å². The highest BCUT2D eigenvalue weighted by Crippen LogP contribution is 2.64. The van der Waals surface area contributed by atoms with Crippen molar-refractivity contribution >= 4 is 17.1 Å². The van der Waals surface area contributed by atoms with Gasteiger partial charge in [-0.15, -0.1) is 0 Å². The molecule has 0 amide bonds. The van der Waals surface area contributed by atoms with E-state index in [1.54, 1.807) is 0 Å². The summed E-state index contributed by atoms with van der Waals surface area (Å²) in [6, 6.07) is 54.7. The molecule has 7 aromatic carbocycles. The van der Waals surface area contributed by atoms with E-state index in [-0.39, 0.29) is 5.41 Å². The lowest BCUT2D eigenvalue weighted by molar-refractivity contribution is 0.446. The molecule has 0 bridgehead atoms. The Morgan fingerprint density at radius 3 is 1.57 bits per heavy atom. The highest BCUT2D eigenvalue weighted by atomic mass is 16.5. The van der Waals surface area contributed by atoms with Crippen molar-refractivity contribution in [2.75, 3.05) is 4.90 Å². The van der Waals surface area contributed by atoms with Crippen LogP contribution in [-0.4, -0.2) is 0 Å². The fourth-order valence-corrected chi connectivity index (χ4v) is 8.46. The predicted octanol–water partition coefficient (Wildman–Crippen LogP) is 11.4. The molecule has 1 spiro atoms. The molecule has 4 aliphatic rings. The van der Waals surface area contributed by atoms with Crippen molar-refractivity contribution in [1.29, 1.82) is 0 Å². The minimum atomic E-state index is -0.368. The molecule has 0 unspecified atom stereocenters. The van der Waals surface area contributed by atoms with Crippen LogP contribution < -0.4 is 14.4 Å². The molecule has 0 aromatic heterocycles. The number of hydrogen-bond acceptors (Lipinski definition) is 3. The van der Waals surface area contributed by atoms with Crippen LogP contribution in [0.3, 0.4) is 0 Å². The number of fused-ring (bicyclic) bond motifs is 14. The lowest BCUT2D eigenvalue weighted by atomic mass is 9.70. The number of anilines is 3. The molecule has 214 valence electrons. The van der Waals surface area contributed by atoms with Crippen LogP contribution in [0.2, 0.25) is 0 Å². The monoisotopic (exact) mass is 587 g/mol. The molecule has 3 heteroatoms. The van der Waals surface area contributed by atoms with Crippen LogP contribution in [0.5, 0.6) is 23.0 Å². The first-order valence-corrected chi connectivity index (χ1v) is 15.8. The van der Waals surface area contributed by atoms with Crippen LogP contribution in [0.25, 0.3) is 33.4 Å². The maximum absolute atomic E-state index is 6.61. The lowest BCUT2D eigenvalue weighted by Crippen LogP contribution is -2.25. The van der Waals surface area contributed by atoms with Crippen molar-refractivity contribution < 1.29 is 9.47 Å². The molecule has 2 aliphatic carbocycles. The van der Waals surface area contributed by atoms with E-state index in [9.17, 15) is 0 Å². The van der Waals surface area contributed by atoms with Gasteiger partial charge < -0.3 is 9.47 Å². The van der Waals surface area contributed by atoms with Gasteiger partial charge in [0.25, 0.3) is 0 Å². The molecular weight excluding hydrogens is 562 g/mol. The van der Waals surface area contributed by atoms with E-state index in [1.165, 1.54) is 50.1 Å². The average molecular weight is 588 g/mol. The molecule has 0 fully saturated rings. The van der Waals surface area contributed by atoms with Gasteiger partial charge in [-0.05, 0) is 98.1 Å². The summed E-state index contributed by atoms with van der Waals surface area (Å²) in [5.41, 5.74) is 15.5. The zero-order chi connectivity index (χ0) is 30.0. The van der Waals surface area contributed by atoms with E-state index in [2.05, 4.69) is 126 Å². The van der Waals surface area contributed by atoms with Gasteiger partial charge in [0.15, 0.2) is 23.0 Å². The Morgan fingerprint density at radius 2 is 0.870 bits per heavy atom. The second kappa shape index (κ2) is 8.56. The van der Waals surface area contributed by atoms with E-state index < -0.39 is 0 Å². The average Bonchev–Trinajstić information content (AvgIpc) is 3.58. The molecule has 0 N–H and O–H groups in total. The molecule has 0 saturated carbocycles. The zero-order valence-corrected chi connectivity index (χ0v) is 24.7. The summed E-state index contributed by atoms with van der Waals surface area (Å²) >= 11 is 0. The molecule has 7 aromatic rings. The lowest BCUT2D eigenvalue weighted by Gasteiger charge is -2.37. The smallest absolute Gasteiger partial charge is 0.155 e. The Balaban J connectivity index is 1.12. The number of para-hydroxylation sites is 3. The second-order valence-electron chi connectivity index (χ2n) is 12.4. The molecular formula is C43H25NO2. The third kappa shape index (κ3) is 2.89. The zero-order valence-electron chi connectivity index (χ0n) is 24.7. The highest BCUT2D eigenvalue weighted by Gasteiger charge is 2.51. The van der Waals surface area contributed by atoms with Crippen molar-refractivity contribution in [1.82, 2.24) is 0 Å². The van der Waals surface area contributed by atoms with E-state index in [1.807, 2.05) is 30.3 Å². The highest BCUT2D eigenvalue weighted by molar-refractivity contribution is 5.97. The van der Waals surface area contributed by atoms with E-state index in [0.717, 1.165) is 45.6 Å². The van der Waals surface area contributed by atoms with Gasteiger partial charge >= 0.3 is 0 Å². The van der Waals surface area contributed by atoms with Gasteiger partial charge in [-0.1, -0.05) is 109 Å². The van der Waals surface area contributed by atoms with Crippen molar-refractivity contribution in [3.63, 3.8) is 0 Å². The number of ether oxygens (including phenoxy) is 2. The largest absolute Gasteiger partial charge is 0.453 e. The maximum atomic E-state index is 6.61. The third-order valence-corrected chi connectivity index (χ3v) is 10.3. The van der Waals surface area contributed by atoms with Gasteiger partial charge in [0.05, 0.1) is 16.8 Å². The molecule has 11 rings (SSSR count). The number of hydrogen-bond donors (Lipinski definition) is 0. The van der Waals surface area contributed by atoms with Gasteiger partial charge in [0, 0.05) is 0 Å². The molecule has 2 heterocycles. The Hall–Kier alpha value is -6.06. The first kappa shape index (κ1) is 24.3.